The first-order chi connectivity index (χ1) is 13.4. The summed E-state index contributed by atoms with van der Waals surface area (Å²) in [4.78, 5) is 21.3. The first-order valence-electron chi connectivity index (χ1n) is 9.22. The fourth-order valence-corrected chi connectivity index (χ4v) is 3.02. The lowest BCUT2D eigenvalue weighted by Gasteiger charge is -2.19. The molecule has 4 rings (SSSR count). The number of rotatable bonds is 3. The zero-order valence-electron chi connectivity index (χ0n) is 16.2. The molecule has 1 amide bonds. The highest BCUT2D eigenvalue weighted by Crippen LogP contribution is 2.23. The predicted molar refractivity (Wildman–Crippen MR) is 112 cm³/mol. The molecule has 28 heavy (non-hydrogen) atoms. The summed E-state index contributed by atoms with van der Waals surface area (Å²) in [6.07, 6.45) is 5.57. The van der Waals surface area contributed by atoms with Crippen LogP contribution in [0.4, 0.5) is 5.69 Å². The fraction of sp³-hybridized carbons (Fsp3) is 0.174. The molecule has 4 aromatic rings. The van der Waals surface area contributed by atoms with Gasteiger partial charge in [0.2, 0.25) is 5.78 Å². The van der Waals surface area contributed by atoms with E-state index in [2.05, 4.69) is 36.1 Å². The summed E-state index contributed by atoms with van der Waals surface area (Å²) in [5.41, 5.74) is 4.47. The summed E-state index contributed by atoms with van der Waals surface area (Å²) in [6.45, 7) is 6.47. The molecule has 5 heteroatoms. The predicted octanol–water partition coefficient (Wildman–Crippen LogP) is 4.95. The van der Waals surface area contributed by atoms with Crippen LogP contribution in [0.3, 0.4) is 0 Å². The smallest absolute Gasteiger partial charge is 0.255 e. The van der Waals surface area contributed by atoms with Gasteiger partial charge in [0.05, 0.1) is 5.69 Å². The maximum Gasteiger partial charge on any atom is 0.255 e. The Balaban J connectivity index is 1.49. The molecule has 0 aliphatic carbocycles. The fourth-order valence-electron chi connectivity index (χ4n) is 3.02. The van der Waals surface area contributed by atoms with Crippen molar-refractivity contribution in [1.29, 1.82) is 0 Å². The van der Waals surface area contributed by atoms with E-state index in [1.165, 1.54) is 5.56 Å². The summed E-state index contributed by atoms with van der Waals surface area (Å²) in [5.74, 6) is 0.540. The first-order valence-corrected chi connectivity index (χ1v) is 9.22. The maximum absolute atomic E-state index is 12.5. The number of hydrogen-bond acceptors (Lipinski definition) is 3. The largest absolute Gasteiger partial charge is 0.322 e. The number of fused-ring (bicyclic) bond motifs is 1. The number of benzene rings is 2. The quantitative estimate of drug-likeness (QED) is 0.555. The zero-order chi connectivity index (χ0) is 19.7. The highest BCUT2D eigenvalue weighted by molar-refractivity contribution is 6.04. The molecule has 0 unspecified atom stereocenters. The molecule has 5 nitrogen and oxygen atoms in total. The number of imidazole rings is 1. The highest BCUT2D eigenvalue weighted by Gasteiger charge is 2.14. The minimum Gasteiger partial charge on any atom is -0.322 e. The molecule has 0 saturated heterocycles. The topological polar surface area (TPSA) is 59.3 Å². The third-order valence-electron chi connectivity index (χ3n) is 4.69. The standard InChI is InChI=1S/C23H22N4O/c1-23(2,3)18-9-5-17(6-10-18)21(28)25-19-11-7-16(8-12-19)20-15-27-14-4-13-24-22(27)26-20/h4-15H,1-3H3,(H,25,28). The number of carbonyl (C=O) groups excluding carboxylic acids is 1. The van der Waals surface area contributed by atoms with E-state index in [1.54, 1.807) is 6.20 Å². The van der Waals surface area contributed by atoms with Gasteiger partial charge < -0.3 is 5.32 Å². The van der Waals surface area contributed by atoms with Gasteiger partial charge in [-0.15, -0.1) is 0 Å². The molecule has 0 radical (unpaired) electrons. The normalized spacial score (nSPS) is 11.5. The number of nitrogens with one attached hydrogen (secondary N) is 1. The molecule has 0 saturated carbocycles. The molecule has 0 atom stereocenters. The van der Waals surface area contributed by atoms with Gasteiger partial charge in [0.25, 0.3) is 5.91 Å². The molecular weight excluding hydrogens is 348 g/mol. The third kappa shape index (κ3) is 3.64. The molecule has 140 valence electrons. The Labute approximate surface area is 164 Å². The Morgan fingerprint density at radius 3 is 2.36 bits per heavy atom. The second-order valence-electron chi connectivity index (χ2n) is 7.81. The van der Waals surface area contributed by atoms with Crippen LogP contribution < -0.4 is 5.32 Å². The van der Waals surface area contributed by atoms with Crippen LogP contribution in [0.15, 0.2) is 73.2 Å². The van der Waals surface area contributed by atoms with Crippen LogP contribution in [-0.2, 0) is 5.41 Å². The van der Waals surface area contributed by atoms with Gasteiger partial charge in [0, 0.05) is 35.4 Å². The lowest BCUT2D eigenvalue weighted by atomic mass is 9.87. The summed E-state index contributed by atoms with van der Waals surface area (Å²) in [5, 5.41) is 2.94. The summed E-state index contributed by atoms with van der Waals surface area (Å²) in [6, 6.07) is 17.3. The molecule has 0 aliphatic rings. The third-order valence-corrected chi connectivity index (χ3v) is 4.69. The molecule has 2 heterocycles. The van der Waals surface area contributed by atoms with Crippen molar-refractivity contribution in [2.24, 2.45) is 0 Å². The minimum absolute atomic E-state index is 0.0677. The number of nitrogens with zero attached hydrogens (tertiary/aromatic N) is 3. The minimum atomic E-state index is -0.120. The van der Waals surface area contributed by atoms with Crippen LogP contribution in [0, 0.1) is 0 Å². The Morgan fingerprint density at radius 1 is 1.00 bits per heavy atom. The Kier molecular flexibility index (Phi) is 4.43. The van der Waals surface area contributed by atoms with Crippen molar-refractivity contribution in [2.45, 2.75) is 26.2 Å². The summed E-state index contributed by atoms with van der Waals surface area (Å²) >= 11 is 0. The zero-order valence-corrected chi connectivity index (χ0v) is 16.2. The van der Waals surface area contributed by atoms with E-state index in [0.29, 0.717) is 11.3 Å². The highest BCUT2D eigenvalue weighted by atomic mass is 16.1. The average molecular weight is 370 g/mol. The van der Waals surface area contributed by atoms with Gasteiger partial charge in [-0.2, -0.15) is 0 Å². The first kappa shape index (κ1) is 17.9. The molecule has 0 bridgehead atoms. The molecule has 0 spiro atoms. The van der Waals surface area contributed by atoms with Crippen molar-refractivity contribution in [3.63, 3.8) is 0 Å². The number of hydrogen-bond donors (Lipinski definition) is 1. The Bertz CT molecular complexity index is 1090. The van der Waals surface area contributed by atoms with Gasteiger partial charge in [-0.1, -0.05) is 45.0 Å². The van der Waals surface area contributed by atoms with Gasteiger partial charge in [-0.05, 0) is 41.3 Å². The summed E-state index contributed by atoms with van der Waals surface area (Å²) < 4.78 is 1.88. The molecule has 0 fully saturated rings. The van der Waals surface area contributed by atoms with Crippen LogP contribution in [0.25, 0.3) is 17.0 Å². The SMILES string of the molecule is CC(C)(C)c1ccc(C(=O)Nc2ccc(-c3cn4cccnc4n3)cc2)cc1. The number of anilines is 1. The Hall–Kier alpha value is -3.47. The summed E-state index contributed by atoms with van der Waals surface area (Å²) in [7, 11) is 0. The van der Waals surface area contributed by atoms with Gasteiger partial charge >= 0.3 is 0 Å². The number of amides is 1. The second-order valence-corrected chi connectivity index (χ2v) is 7.81. The van der Waals surface area contributed by atoms with Gasteiger partial charge in [-0.3, -0.25) is 9.20 Å². The lowest BCUT2D eigenvalue weighted by molar-refractivity contribution is 0.102. The number of aromatic nitrogens is 3. The van der Waals surface area contributed by atoms with Crippen molar-refractivity contribution >= 4 is 17.4 Å². The van der Waals surface area contributed by atoms with Crippen LogP contribution >= 0.6 is 0 Å². The number of carbonyl (C=O) groups is 1. The van der Waals surface area contributed by atoms with E-state index in [-0.39, 0.29) is 11.3 Å². The molecule has 1 N–H and O–H groups in total. The molecule has 2 aromatic carbocycles. The van der Waals surface area contributed by atoms with E-state index < -0.39 is 0 Å². The van der Waals surface area contributed by atoms with Crippen molar-refractivity contribution in [1.82, 2.24) is 14.4 Å². The van der Waals surface area contributed by atoms with Gasteiger partial charge in [0.1, 0.15) is 0 Å². The monoisotopic (exact) mass is 370 g/mol. The van der Waals surface area contributed by atoms with Crippen LogP contribution in [0.2, 0.25) is 0 Å². The van der Waals surface area contributed by atoms with E-state index >= 15 is 0 Å². The second kappa shape index (κ2) is 6.93. The van der Waals surface area contributed by atoms with Crippen molar-refractivity contribution < 1.29 is 4.79 Å². The maximum atomic E-state index is 12.5. The van der Waals surface area contributed by atoms with E-state index in [1.807, 2.05) is 71.4 Å². The molecular formula is C23H22N4O. The van der Waals surface area contributed by atoms with Gasteiger partial charge in [-0.25, -0.2) is 9.97 Å². The Morgan fingerprint density at radius 2 is 1.71 bits per heavy atom. The average Bonchev–Trinajstić information content (AvgIpc) is 3.12. The van der Waals surface area contributed by atoms with Crippen LogP contribution in [0.1, 0.15) is 36.7 Å². The van der Waals surface area contributed by atoms with E-state index in [4.69, 9.17) is 0 Å². The lowest BCUT2D eigenvalue weighted by Crippen LogP contribution is -2.14. The molecule has 0 aliphatic heterocycles. The molecule has 2 aromatic heterocycles. The van der Waals surface area contributed by atoms with Crippen molar-refractivity contribution in [3.05, 3.63) is 84.3 Å². The van der Waals surface area contributed by atoms with E-state index in [9.17, 15) is 4.79 Å². The van der Waals surface area contributed by atoms with Crippen LogP contribution in [-0.4, -0.2) is 20.3 Å². The van der Waals surface area contributed by atoms with E-state index in [0.717, 1.165) is 16.9 Å². The van der Waals surface area contributed by atoms with Crippen molar-refractivity contribution in [3.8, 4) is 11.3 Å². The van der Waals surface area contributed by atoms with Crippen molar-refractivity contribution in [2.75, 3.05) is 5.32 Å². The van der Waals surface area contributed by atoms with Crippen LogP contribution in [0.5, 0.6) is 0 Å². The van der Waals surface area contributed by atoms with Gasteiger partial charge in [0.15, 0.2) is 0 Å².